The SMILES string of the molecule is OC[C@H]1CC2O[C@H]3[C@H](O)[C@@H](O)C(O[C@H]4[C@H](O)[C@@H](O)C(O[C@H]5[C@H](O)[C@@H](O)C(O[C@H]6[C@H](O)[C@@H](O)C(O[C@H]7[C@H](O)[C@@H](O)C(OC8[C@@H](CO)OC(O[C@H]9[C@H](O)[C@@H](O)C(O[C@H]1[C@H](O)[C@H]2O)O[C@@H]9CO)[C@H](O)[C@H]8O)O[C@@H]7CO)O[C@@H]6CO)O[C@@H]5CO)O[C@@H]4CO)O[C@@H]3CO. The summed E-state index contributed by atoms with van der Waals surface area (Å²) in [6.07, 6.45) is -78.7. The molecule has 1 saturated carbocycles. The van der Waals surface area contributed by atoms with E-state index in [4.69, 9.17) is 71.1 Å². The molecule has 0 aromatic heterocycles. The van der Waals surface area contributed by atoms with Crippen molar-refractivity contribution in [1.82, 2.24) is 0 Å². The summed E-state index contributed by atoms with van der Waals surface area (Å²) < 4.78 is 86.0. The Balaban J connectivity index is 0.975. The predicted octanol–water partition coefficient (Wildman–Crippen LogP) is -16.7. The topological polar surface area (TPSA) is 624 Å². The van der Waals surface area contributed by atoms with Gasteiger partial charge in [0.25, 0.3) is 0 Å². The molecule has 0 aromatic rings. The third kappa shape index (κ3) is 13.8. The average molecular weight is 1300 g/mol. The third-order valence-corrected chi connectivity index (χ3v) is 17.4. The van der Waals surface area contributed by atoms with E-state index in [0.717, 1.165) is 0 Å². The van der Waals surface area contributed by atoms with Gasteiger partial charge < -0.3 is 194 Å². The molecule has 30 rings (SSSR count). The highest BCUT2D eigenvalue weighted by molar-refractivity contribution is 5.03. The first-order chi connectivity index (χ1) is 41.9. The van der Waals surface area contributed by atoms with Gasteiger partial charge >= 0.3 is 0 Å². The van der Waals surface area contributed by atoms with Gasteiger partial charge in [0.1, 0.15) is 183 Å². The van der Waals surface area contributed by atoms with E-state index in [1.165, 1.54) is 0 Å². The van der Waals surface area contributed by atoms with Gasteiger partial charge in [-0.15, -0.1) is 0 Å². The van der Waals surface area contributed by atoms with Crippen LogP contribution in [-0.4, -0.2) is 415 Å². The molecule has 9 unspecified atom stereocenters. The van der Waals surface area contributed by atoms with Gasteiger partial charge in [-0.05, 0) is 6.42 Å². The van der Waals surface area contributed by atoms with Crippen LogP contribution in [-0.2, 0) is 71.1 Å². The minimum Gasteiger partial charge on any atom is -0.396 e. The van der Waals surface area contributed by atoms with Crippen LogP contribution in [0.15, 0.2) is 0 Å². The highest BCUT2D eigenvalue weighted by atomic mass is 16.8. The first-order valence-corrected chi connectivity index (χ1v) is 28.5. The summed E-state index contributed by atoms with van der Waals surface area (Å²) in [4.78, 5) is 0. The first-order valence-electron chi connectivity index (χ1n) is 28.5. The van der Waals surface area contributed by atoms with Gasteiger partial charge in [-0.1, -0.05) is 0 Å². The number of hydrogen-bond donors (Lipinski definition) is 24. The Bertz CT molecular complexity index is 1700. The molecule has 512 valence electrons. The Labute approximate surface area is 497 Å². The van der Waals surface area contributed by atoms with Crippen LogP contribution in [0.2, 0.25) is 0 Å². The second-order valence-corrected chi connectivity index (χ2v) is 23.0. The molecular formula is C49H82O39. The second-order valence-electron chi connectivity index (χ2n) is 23.0. The monoisotopic (exact) mass is 1290 g/mol. The van der Waals surface area contributed by atoms with E-state index in [0.29, 0.717) is 0 Å². The smallest absolute Gasteiger partial charge is 0.187 e. The summed E-state index contributed by atoms with van der Waals surface area (Å²) >= 11 is 0. The van der Waals surface area contributed by atoms with Crippen LogP contribution in [0, 0.1) is 5.92 Å². The largest absolute Gasteiger partial charge is 0.396 e. The molecular weight excluding hydrogens is 1210 g/mol. The van der Waals surface area contributed by atoms with Crippen molar-refractivity contribution in [2.75, 3.05) is 52.9 Å². The zero-order chi connectivity index (χ0) is 64.1. The summed E-state index contributed by atoms with van der Waals surface area (Å²) in [7, 11) is 0. The van der Waals surface area contributed by atoms with Crippen molar-refractivity contribution in [2.24, 2.45) is 5.92 Å². The Morgan fingerprint density at radius 3 is 0.534 bits per heavy atom. The molecule has 24 N–H and O–H groups in total. The normalized spacial score (nSPS) is 55.4. The molecule has 88 heavy (non-hydrogen) atoms. The molecule has 0 spiro atoms. The fourth-order valence-corrected chi connectivity index (χ4v) is 12.4. The van der Waals surface area contributed by atoms with Crippen molar-refractivity contribution < 1.29 is 194 Å². The van der Waals surface area contributed by atoms with Gasteiger partial charge in [-0.25, -0.2) is 0 Å². The van der Waals surface area contributed by atoms with E-state index in [9.17, 15) is 123 Å². The fourth-order valence-electron chi connectivity index (χ4n) is 12.4. The molecule has 1 aliphatic carbocycles. The van der Waals surface area contributed by atoms with Crippen LogP contribution in [0.4, 0.5) is 0 Å². The molecule has 29 saturated heterocycles. The van der Waals surface area contributed by atoms with Crippen molar-refractivity contribution in [2.45, 2.75) is 246 Å². The van der Waals surface area contributed by atoms with E-state index in [1.54, 1.807) is 0 Å². The molecule has 39 nitrogen and oxygen atoms in total. The Morgan fingerprint density at radius 2 is 0.352 bits per heavy atom. The molecule has 40 atom stereocenters. The van der Waals surface area contributed by atoms with Crippen LogP contribution in [0.25, 0.3) is 0 Å². The summed E-state index contributed by atoms with van der Waals surface area (Å²) in [6, 6.07) is 0. The van der Waals surface area contributed by atoms with Crippen LogP contribution < -0.4 is 0 Å². The Morgan fingerprint density at radius 1 is 0.182 bits per heavy atom. The molecule has 29 aliphatic heterocycles. The van der Waals surface area contributed by atoms with Gasteiger partial charge in [0, 0.05) is 12.5 Å². The zero-order valence-electron chi connectivity index (χ0n) is 46.3. The number of aliphatic hydroxyl groups excluding tert-OH is 24. The maximum absolute atomic E-state index is 11.5. The summed E-state index contributed by atoms with van der Waals surface area (Å²) in [6.45, 7) is -8.28. The Kier molecular flexibility index (Phi) is 24.1. The first kappa shape index (κ1) is 70.7. The summed E-state index contributed by atoms with van der Waals surface area (Å²) in [5, 5.41) is 266. The number of hydrogen-bond acceptors (Lipinski definition) is 39. The maximum atomic E-state index is 11.5. The van der Waals surface area contributed by atoms with Gasteiger partial charge in [-0.3, -0.25) is 0 Å². The summed E-state index contributed by atoms with van der Waals surface area (Å²) in [5.41, 5.74) is 0. The lowest BCUT2D eigenvalue weighted by Gasteiger charge is -2.50. The van der Waals surface area contributed by atoms with Crippen LogP contribution >= 0.6 is 0 Å². The van der Waals surface area contributed by atoms with E-state index in [2.05, 4.69) is 0 Å². The van der Waals surface area contributed by atoms with Crippen molar-refractivity contribution >= 4 is 0 Å². The van der Waals surface area contributed by atoms with Gasteiger partial charge in [0.2, 0.25) is 0 Å². The predicted molar refractivity (Wildman–Crippen MR) is 264 cm³/mol. The number of aliphatic hydroxyl groups is 24. The van der Waals surface area contributed by atoms with E-state index < -0.39 is 305 Å². The van der Waals surface area contributed by atoms with Crippen LogP contribution in [0.1, 0.15) is 6.42 Å². The van der Waals surface area contributed by atoms with Crippen LogP contribution in [0.5, 0.6) is 0 Å². The quantitative estimate of drug-likeness (QED) is 0.107. The molecule has 0 radical (unpaired) electrons. The highest BCUT2D eigenvalue weighted by Gasteiger charge is 2.60. The minimum atomic E-state index is -2.24. The maximum Gasteiger partial charge on any atom is 0.187 e. The number of rotatable bonds is 8. The van der Waals surface area contributed by atoms with Crippen molar-refractivity contribution in [1.29, 1.82) is 0 Å². The Hall–Kier alpha value is -1.56. The van der Waals surface area contributed by atoms with Crippen molar-refractivity contribution in [3.05, 3.63) is 0 Å². The van der Waals surface area contributed by atoms with Crippen LogP contribution in [0.3, 0.4) is 0 Å². The van der Waals surface area contributed by atoms with Gasteiger partial charge in [-0.2, -0.15) is 0 Å². The third-order valence-electron chi connectivity index (χ3n) is 17.4. The molecule has 0 amide bonds. The van der Waals surface area contributed by atoms with Gasteiger partial charge in [0.15, 0.2) is 44.0 Å². The zero-order valence-corrected chi connectivity index (χ0v) is 46.3. The van der Waals surface area contributed by atoms with E-state index in [1.807, 2.05) is 0 Å². The van der Waals surface area contributed by atoms with E-state index >= 15 is 0 Å². The molecule has 29 heterocycles. The standard InChI is InChI=1S/C49H82O39/c50-2-10-1-11-19(58)20(59)35(10)82-43-29(68)22(61)37(13(4-52)76-43)84-45-31(70)24(63)39(15(6-54)78-45)86-47-33(72)26(65)41(17(8-56)80-47)88-49-34(73)27(66)42(18(9-57)81-49)87-48-32(71)25(64)40(16(7-55)79-48)85-46-30(69)23(62)38(14(5-53)77-46)83-44-28(67)21(60)36(74-11)12(3-51)75-44/h10-73H,1-9H2/t10-,11?,12-,13-,14-,15-,16-,17-,18-,19+,20-,21-,22-,23-,24-,25-,26-,27-,28-,29-,30-,31-,32-,33-,34-,35-,36-,37-,38-,39?,40-,41-,42-,43?,44?,45?,46?,47?,48?,49?/m1/s1. The van der Waals surface area contributed by atoms with E-state index in [-0.39, 0.29) is 0 Å². The molecule has 30 fully saturated rings. The lowest BCUT2D eigenvalue weighted by molar-refractivity contribution is -0.399. The molecule has 0 aromatic carbocycles. The second kappa shape index (κ2) is 30.0. The molecule has 30 aliphatic rings. The number of ether oxygens (including phenoxy) is 15. The average Bonchev–Trinajstić information content (AvgIpc) is 3.33. The fraction of sp³-hybridized carbons (Fsp3) is 1.00. The minimum absolute atomic E-state index is 0.464. The highest BCUT2D eigenvalue weighted by Crippen LogP contribution is 2.40. The van der Waals surface area contributed by atoms with Gasteiger partial charge in [0.05, 0.1) is 58.5 Å². The molecule has 39 heteroatoms. The van der Waals surface area contributed by atoms with Crippen molar-refractivity contribution in [3.63, 3.8) is 0 Å². The van der Waals surface area contributed by atoms with Crippen molar-refractivity contribution in [3.8, 4) is 0 Å². The summed E-state index contributed by atoms with van der Waals surface area (Å²) in [5.74, 6) is -1.27. The molecule has 16 bridgehead atoms. The lowest BCUT2D eigenvalue weighted by atomic mass is 9.80. The lowest BCUT2D eigenvalue weighted by Crippen LogP contribution is -2.68.